The van der Waals surface area contributed by atoms with Crippen molar-refractivity contribution in [2.24, 2.45) is 0 Å². The van der Waals surface area contributed by atoms with Crippen molar-refractivity contribution in [2.45, 2.75) is 6.23 Å². The fourth-order valence-electron chi connectivity index (χ4n) is 2.86. The maximum atomic E-state index is 13.1. The van der Waals surface area contributed by atoms with Crippen LogP contribution in [0.15, 0.2) is 72.8 Å². The number of ether oxygens (including phenoxy) is 1. The van der Waals surface area contributed by atoms with Crippen LogP contribution >= 0.6 is 23.2 Å². The number of halogens is 2. The molecule has 0 saturated heterocycles. The smallest absolute Gasteiger partial charge is 0.261 e. The molecule has 1 aliphatic heterocycles. The maximum Gasteiger partial charge on any atom is 0.261 e. The first kappa shape index (κ1) is 16.0. The van der Waals surface area contributed by atoms with Crippen LogP contribution in [0.2, 0.25) is 10.0 Å². The Bertz CT molecular complexity index is 926. The summed E-state index contributed by atoms with van der Waals surface area (Å²) in [4.78, 5) is 14.8. The van der Waals surface area contributed by atoms with Gasteiger partial charge in [0.05, 0.1) is 5.69 Å². The minimum absolute atomic E-state index is 0.151. The van der Waals surface area contributed by atoms with Crippen molar-refractivity contribution in [3.63, 3.8) is 0 Å². The largest absolute Gasteiger partial charge is 0.464 e. The van der Waals surface area contributed by atoms with Crippen LogP contribution in [0, 0.1) is 0 Å². The highest BCUT2D eigenvalue weighted by molar-refractivity contribution is 6.31. The van der Waals surface area contributed by atoms with E-state index in [0.717, 1.165) is 5.56 Å². The molecule has 5 heteroatoms. The zero-order valence-corrected chi connectivity index (χ0v) is 14.5. The number of benzene rings is 3. The molecule has 3 aromatic rings. The van der Waals surface area contributed by atoms with Crippen molar-refractivity contribution in [1.29, 1.82) is 0 Å². The number of amides is 1. The average Bonchev–Trinajstić information content (AvgIpc) is 3.01. The number of rotatable bonds is 2. The van der Waals surface area contributed by atoms with E-state index in [9.17, 15) is 4.79 Å². The fourth-order valence-corrected chi connectivity index (χ4v) is 3.15. The van der Waals surface area contributed by atoms with Crippen LogP contribution in [0.3, 0.4) is 0 Å². The quantitative estimate of drug-likeness (QED) is 0.576. The molecule has 4 rings (SSSR count). The summed E-state index contributed by atoms with van der Waals surface area (Å²) in [7, 11) is 0. The molecular weight excluding hydrogens is 357 g/mol. The van der Waals surface area contributed by atoms with Crippen molar-refractivity contribution in [2.75, 3.05) is 4.90 Å². The van der Waals surface area contributed by atoms with Gasteiger partial charge in [-0.3, -0.25) is 9.69 Å². The fraction of sp³-hybridized carbons (Fsp3) is 0.0500. The lowest BCUT2D eigenvalue weighted by Crippen LogP contribution is -2.33. The highest BCUT2D eigenvalue weighted by Gasteiger charge is 2.37. The van der Waals surface area contributed by atoms with E-state index in [1.807, 2.05) is 30.3 Å². The van der Waals surface area contributed by atoms with E-state index in [2.05, 4.69) is 0 Å². The minimum Gasteiger partial charge on any atom is -0.464 e. The Morgan fingerprint density at radius 1 is 0.880 bits per heavy atom. The molecule has 1 atom stereocenters. The molecule has 0 radical (unpaired) electrons. The van der Waals surface area contributed by atoms with Crippen LogP contribution < -0.4 is 9.64 Å². The number of hydrogen-bond acceptors (Lipinski definition) is 2. The summed E-state index contributed by atoms with van der Waals surface area (Å²) in [5.41, 5.74) is 2.07. The van der Waals surface area contributed by atoms with Gasteiger partial charge in [0.1, 0.15) is 5.75 Å². The van der Waals surface area contributed by atoms with Gasteiger partial charge in [-0.1, -0.05) is 53.5 Å². The van der Waals surface area contributed by atoms with E-state index in [1.54, 1.807) is 47.4 Å². The summed E-state index contributed by atoms with van der Waals surface area (Å²) < 4.78 is 6.05. The van der Waals surface area contributed by atoms with E-state index < -0.39 is 6.23 Å². The second-order valence-electron chi connectivity index (χ2n) is 5.67. The molecule has 1 aliphatic rings. The highest BCUT2D eigenvalue weighted by Crippen LogP contribution is 2.45. The molecule has 0 saturated carbocycles. The average molecular weight is 370 g/mol. The molecule has 0 spiro atoms. The van der Waals surface area contributed by atoms with Crippen molar-refractivity contribution < 1.29 is 9.53 Å². The zero-order chi connectivity index (χ0) is 17.4. The van der Waals surface area contributed by atoms with Crippen molar-refractivity contribution in [1.82, 2.24) is 0 Å². The van der Waals surface area contributed by atoms with Crippen LogP contribution in [0.4, 0.5) is 5.69 Å². The normalized spacial score (nSPS) is 15.6. The van der Waals surface area contributed by atoms with Crippen LogP contribution in [0.5, 0.6) is 5.75 Å². The topological polar surface area (TPSA) is 29.5 Å². The lowest BCUT2D eigenvalue weighted by atomic mass is 10.1. The Kier molecular flexibility index (Phi) is 4.12. The molecule has 25 heavy (non-hydrogen) atoms. The third kappa shape index (κ3) is 2.97. The number of nitrogens with zero attached hydrogens (tertiary/aromatic N) is 1. The Hall–Kier alpha value is -2.49. The number of fused-ring (bicyclic) bond motifs is 1. The van der Waals surface area contributed by atoms with Gasteiger partial charge in [-0.2, -0.15) is 0 Å². The van der Waals surface area contributed by atoms with Crippen LogP contribution in [-0.2, 0) is 0 Å². The first-order valence-electron chi connectivity index (χ1n) is 7.74. The minimum atomic E-state index is -0.571. The second-order valence-corrected chi connectivity index (χ2v) is 6.55. The van der Waals surface area contributed by atoms with Crippen molar-refractivity contribution in [3.05, 3.63) is 94.0 Å². The summed E-state index contributed by atoms with van der Waals surface area (Å²) in [5.74, 6) is 0.468. The number of anilines is 1. The summed E-state index contributed by atoms with van der Waals surface area (Å²) in [5, 5.41) is 1.17. The molecule has 0 fully saturated rings. The molecule has 0 unspecified atom stereocenters. The van der Waals surface area contributed by atoms with E-state index in [-0.39, 0.29) is 5.91 Å². The zero-order valence-electron chi connectivity index (χ0n) is 13.0. The molecule has 0 aliphatic carbocycles. The Labute approximate surface area is 155 Å². The van der Waals surface area contributed by atoms with Gasteiger partial charge in [-0.15, -0.1) is 0 Å². The van der Waals surface area contributed by atoms with Gasteiger partial charge in [0.25, 0.3) is 5.91 Å². The van der Waals surface area contributed by atoms with Gasteiger partial charge in [-0.05, 0) is 42.5 Å². The Balaban J connectivity index is 1.81. The van der Waals surface area contributed by atoms with Crippen LogP contribution in [0.25, 0.3) is 0 Å². The third-order valence-corrected chi connectivity index (χ3v) is 4.54. The maximum absolute atomic E-state index is 13.1. The first-order chi connectivity index (χ1) is 12.1. The molecule has 0 aromatic heterocycles. The molecule has 0 bridgehead atoms. The van der Waals surface area contributed by atoms with Gasteiger partial charge >= 0.3 is 0 Å². The van der Waals surface area contributed by atoms with Crippen LogP contribution in [0.1, 0.15) is 22.1 Å². The predicted octanol–water partition coefficient (Wildman–Crippen LogP) is 5.73. The third-order valence-electron chi connectivity index (χ3n) is 4.05. The summed E-state index contributed by atoms with van der Waals surface area (Å²) >= 11 is 12.1. The van der Waals surface area contributed by atoms with Gasteiger partial charge in [0.2, 0.25) is 6.23 Å². The van der Waals surface area contributed by atoms with Crippen molar-refractivity contribution >= 4 is 34.8 Å². The molecule has 3 nitrogen and oxygen atoms in total. The molecule has 124 valence electrons. The first-order valence-corrected chi connectivity index (χ1v) is 8.49. The van der Waals surface area contributed by atoms with Crippen LogP contribution in [-0.4, -0.2) is 5.91 Å². The molecule has 3 aromatic carbocycles. The summed E-state index contributed by atoms with van der Waals surface area (Å²) in [6.45, 7) is 0. The molecular formula is C20H13Cl2NO2. The monoisotopic (exact) mass is 369 g/mol. The lowest BCUT2D eigenvalue weighted by Gasteiger charge is -2.24. The standard InChI is InChI=1S/C20H13Cl2NO2/c21-15-8-6-14(7-9-15)20-23(19(24)13-4-2-1-3-5-13)17-12-16(22)10-11-18(17)25-20/h1-12,20H/t20-/m1/s1. The van der Waals surface area contributed by atoms with Gasteiger partial charge in [0, 0.05) is 21.2 Å². The molecule has 1 amide bonds. The van der Waals surface area contributed by atoms with E-state index in [4.69, 9.17) is 27.9 Å². The van der Waals surface area contributed by atoms with E-state index in [0.29, 0.717) is 27.0 Å². The second kappa shape index (κ2) is 6.43. The predicted molar refractivity (Wildman–Crippen MR) is 99.5 cm³/mol. The molecule has 0 N–H and O–H groups in total. The lowest BCUT2D eigenvalue weighted by molar-refractivity contribution is 0.0939. The van der Waals surface area contributed by atoms with Gasteiger partial charge in [0.15, 0.2) is 0 Å². The highest BCUT2D eigenvalue weighted by atomic mass is 35.5. The number of carbonyl (C=O) groups is 1. The van der Waals surface area contributed by atoms with E-state index >= 15 is 0 Å². The SMILES string of the molecule is O=C(c1ccccc1)N1c2cc(Cl)ccc2O[C@@H]1c1ccc(Cl)cc1. The number of carbonyl (C=O) groups excluding carboxylic acids is 1. The Morgan fingerprint density at radius 2 is 1.56 bits per heavy atom. The molecule has 1 heterocycles. The van der Waals surface area contributed by atoms with Crippen molar-refractivity contribution in [3.8, 4) is 5.75 Å². The van der Waals surface area contributed by atoms with Gasteiger partial charge < -0.3 is 4.74 Å². The Morgan fingerprint density at radius 3 is 2.28 bits per heavy atom. The number of hydrogen-bond donors (Lipinski definition) is 0. The van der Waals surface area contributed by atoms with E-state index in [1.165, 1.54) is 0 Å². The summed E-state index contributed by atoms with van der Waals surface area (Å²) in [6.07, 6.45) is -0.571. The van der Waals surface area contributed by atoms with Gasteiger partial charge in [-0.25, -0.2) is 0 Å². The summed E-state index contributed by atoms with van der Waals surface area (Å²) in [6, 6.07) is 21.6.